The topological polar surface area (TPSA) is 66.5 Å². The lowest BCUT2D eigenvalue weighted by molar-refractivity contribution is 0.102. The Hall–Kier alpha value is -2.35. The monoisotopic (exact) mass is 434 g/mol. The number of benzene rings is 2. The molecule has 0 saturated heterocycles. The molecule has 0 radical (unpaired) electrons. The first-order chi connectivity index (χ1) is 13.3. The fourth-order valence-electron chi connectivity index (χ4n) is 2.62. The zero-order chi connectivity index (χ0) is 20.3. The number of rotatable bonds is 6. The van der Waals surface area contributed by atoms with Gasteiger partial charge in [-0.2, -0.15) is 0 Å². The van der Waals surface area contributed by atoms with Crippen molar-refractivity contribution in [1.82, 2.24) is 0 Å². The van der Waals surface area contributed by atoms with E-state index in [9.17, 15) is 13.2 Å². The highest BCUT2D eigenvalue weighted by Gasteiger charge is 2.28. The molecule has 0 aliphatic heterocycles. The highest BCUT2D eigenvalue weighted by atomic mass is 35.5. The molecule has 2 aromatic carbocycles. The lowest BCUT2D eigenvalue weighted by Gasteiger charge is -2.20. The Balaban J connectivity index is 1.87. The summed E-state index contributed by atoms with van der Waals surface area (Å²) in [5.41, 5.74) is 2.19. The summed E-state index contributed by atoms with van der Waals surface area (Å²) in [6.45, 7) is 2.03. The van der Waals surface area contributed by atoms with Gasteiger partial charge < -0.3 is 5.32 Å². The van der Waals surface area contributed by atoms with Crippen LogP contribution >= 0.6 is 22.9 Å². The summed E-state index contributed by atoms with van der Waals surface area (Å²) >= 11 is 6.93. The van der Waals surface area contributed by atoms with E-state index in [2.05, 4.69) is 5.32 Å². The predicted octanol–water partition coefficient (Wildman–Crippen LogP) is 5.04. The Bertz CT molecular complexity index is 1080. The fourth-order valence-corrected chi connectivity index (χ4v) is 5.23. The van der Waals surface area contributed by atoms with Gasteiger partial charge in [0.15, 0.2) is 0 Å². The minimum Gasteiger partial charge on any atom is -0.321 e. The van der Waals surface area contributed by atoms with Gasteiger partial charge in [0.05, 0.1) is 5.69 Å². The largest absolute Gasteiger partial charge is 0.321 e. The van der Waals surface area contributed by atoms with E-state index in [0.29, 0.717) is 16.4 Å². The Kier molecular flexibility index (Phi) is 6.07. The molecule has 5 nitrogen and oxygen atoms in total. The van der Waals surface area contributed by atoms with Crippen molar-refractivity contribution in [2.24, 2.45) is 0 Å². The number of hydrogen-bond donors (Lipinski definition) is 1. The maximum absolute atomic E-state index is 13.1. The van der Waals surface area contributed by atoms with Gasteiger partial charge in [-0.05, 0) is 59.8 Å². The molecule has 0 aliphatic rings. The molecule has 0 saturated carbocycles. The van der Waals surface area contributed by atoms with Crippen molar-refractivity contribution in [3.63, 3.8) is 0 Å². The van der Waals surface area contributed by atoms with Crippen molar-refractivity contribution in [1.29, 1.82) is 0 Å². The smallest absolute Gasteiger partial charge is 0.267 e. The molecule has 0 bridgehead atoms. The maximum atomic E-state index is 13.1. The second-order valence-electron chi connectivity index (χ2n) is 6.07. The molecule has 0 spiro atoms. The number of halogens is 1. The number of anilines is 2. The maximum Gasteiger partial charge on any atom is 0.267 e. The Morgan fingerprint density at radius 1 is 1.07 bits per heavy atom. The normalized spacial score (nSPS) is 11.2. The van der Waals surface area contributed by atoms with E-state index in [4.69, 9.17) is 11.6 Å². The molecule has 1 aromatic heterocycles. The summed E-state index contributed by atoms with van der Waals surface area (Å²) in [5, 5.41) is 4.85. The minimum absolute atomic E-state index is 0.0222. The number of sulfonamides is 1. The van der Waals surface area contributed by atoms with Gasteiger partial charge in [-0.3, -0.25) is 9.10 Å². The van der Waals surface area contributed by atoms with Crippen LogP contribution in [-0.2, 0) is 16.4 Å². The van der Waals surface area contributed by atoms with Gasteiger partial charge in [0.2, 0.25) is 0 Å². The summed E-state index contributed by atoms with van der Waals surface area (Å²) in [6, 6.07) is 15.4. The van der Waals surface area contributed by atoms with Crippen LogP contribution in [0.3, 0.4) is 0 Å². The number of nitrogens with zero attached hydrogens (tertiary/aromatic N) is 1. The van der Waals surface area contributed by atoms with Crippen molar-refractivity contribution >= 4 is 50.2 Å². The van der Waals surface area contributed by atoms with Gasteiger partial charge in [-0.1, -0.05) is 30.7 Å². The molecule has 0 unspecified atom stereocenters. The van der Waals surface area contributed by atoms with E-state index < -0.39 is 15.9 Å². The van der Waals surface area contributed by atoms with Crippen LogP contribution in [0.2, 0.25) is 5.02 Å². The Morgan fingerprint density at radius 3 is 2.32 bits per heavy atom. The number of carbonyl (C=O) groups is 1. The molecule has 28 heavy (non-hydrogen) atoms. The molecule has 0 aliphatic carbocycles. The lowest BCUT2D eigenvalue weighted by Crippen LogP contribution is -2.28. The molecule has 0 atom stereocenters. The van der Waals surface area contributed by atoms with E-state index in [1.165, 1.54) is 17.4 Å². The predicted molar refractivity (Wildman–Crippen MR) is 115 cm³/mol. The number of hydrogen-bond acceptors (Lipinski definition) is 4. The van der Waals surface area contributed by atoms with Gasteiger partial charge >= 0.3 is 0 Å². The first-order valence-electron chi connectivity index (χ1n) is 8.55. The van der Waals surface area contributed by atoms with Crippen LogP contribution in [0.5, 0.6) is 0 Å². The summed E-state index contributed by atoms with van der Waals surface area (Å²) in [6.07, 6.45) is 0.871. The molecule has 3 rings (SSSR count). The Labute approximate surface area is 173 Å². The molecule has 3 aromatic rings. The summed E-state index contributed by atoms with van der Waals surface area (Å²) < 4.78 is 27.4. The third-order valence-corrected chi connectivity index (χ3v) is 7.41. The van der Waals surface area contributed by atoms with E-state index in [-0.39, 0.29) is 9.77 Å². The minimum atomic E-state index is -3.88. The van der Waals surface area contributed by atoms with E-state index in [1.807, 2.05) is 19.1 Å². The number of aryl methyl sites for hydroxylation is 1. The van der Waals surface area contributed by atoms with Crippen LogP contribution in [-0.4, -0.2) is 21.4 Å². The number of nitrogens with one attached hydrogen (secondary N) is 1. The van der Waals surface area contributed by atoms with Crippen molar-refractivity contribution in [3.8, 4) is 0 Å². The molecule has 146 valence electrons. The van der Waals surface area contributed by atoms with Crippen LogP contribution in [0, 0.1) is 0 Å². The third kappa shape index (κ3) is 4.22. The van der Waals surface area contributed by atoms with Gasteiger partial charge in [0.1, 0.15) is 9.77 Å². The summed E-state index contributed by atoms with van der Waals surface area (Å²) in [4.78, 5) is 12.8. The van der Waals surface area contributed by atoms with Crippen LogP contribution in [0.4, 0.5) is 11.4 Å². The number of thiophene rings is 1. The quantitative estimate of drug-likeness (QED) is 0.590. The molecular weight excluding hydrogens is 416 g/mol. The molecule has 1 N–H and O–H groups in total. The number of carbonyl (C=O) groups excluding carboxylic acids is 1. The third-order valence-electron chi connectivity index (χ3n) is 4.28. The zero-order valence-corrected chi connectivity index (χ0v) is 17.7. The van der Waals surface area contributed by atoms with Gasteiger partial charge in [-0.25, -0.2) is 8.42 Å². The van der Waals surface area contributed by atoms with Gasteiger partial charge in [0, 0.05) is 17.8 Å². The molecular formula is C20H19ClN2O3S2. The van der Waals surface area contributed by atoms with Crippen molar-refractivity contribution in [2.75, 3.05) is 16.7 Å². The SMILES string of the molecule is CCc1ccc(N(C)S(=O)(=O)c2ccsc2C(=O)Nc2ccc(Cl)cc2)cc1. The van der Waals surface area contributed by atoms with Crippen LogP contribution < -0.4 is 9.62 Å². The van der Waals surface area contributed by atoms with E-state index in [0.717, 1.165) is 23.3 Å². The number of amides is 1. The highest BCUT2D eigenvalue weighted by Crippen LogP contribution is 2.29. The fraction of sp³-hybridized carbons (Fsp3) is 0.150. The molecule has 1 amide bonds. The average Bonchev–Trinajstić information content (AvgIpc) is 3.20. The van der Waals surface area contributed by atoms with Crippen LogP contribution in [0.25, 0.3) is 0 Å². The van der Waals surface area contributed by atoms with Crippen molar-refractivity contribution in [2.45, 2.75) is 18.2 Å². The summed E-state index contributed by atoms with van der Waals surface area (Å²) in [7, 11) is -2.40. The standard InChI is InChI=1S/C20H19ClN2O3S2/c1-3-14-4-10-17(11-5-14)23(2)28(25,26)18-12-13-27-19(18)20(24)22-16-8-6-15(21)7-9-16/h4-13H,3H2,1-2H3,(H,22,24). The van der Waals surface area contributed by atoms with Crippen molar-refractivity contribution < 1.29 is 13.2 Å². The van der Waals surface area contributed by atoms with E-state index in [1.54, 1.807) is 41.8 Å². The Morgan fingerprint density at radius 2 is 1.71 bits per heavy atom. The van der Waals surface area contributed by atoms with Gasteiger partial charge in [-0.15, -0.1) is 11.3 Å². The first kappa shape index (κ1) is 20.4. The van der Waals surface area contributed by atoms with E-state index >= 15 is 0 Å². The molecule has 8 heteroatoms. The van der Waals surface area contributed by atoms with Crippen LogP contribution in [0.15, 0.2) is 64.9 Å². The second-order valence-corrected chi connectivity index (χ2v) is 9.36. The molecule has 1 heterocycles. The summed E-state index contributed by atoms with van der Waals surface area (Å²) in [5.74, 6) is -0.481. The van der Waals surface area contributed by atoms with Crippen LogP contribution in [0.1, 0.15) is 22.2 Å². The zero-order valence-electron chi connectivity index (χ0n) is 15.3. The lowest BCUT2D eigenvalue weighted by atomic mass is 10.1. The highest BCUT2D eigenvalue weighted by molar-refractivity contribution is 7.93. The van der Waals surface area contributed by atoms with Crippen molar-refractivity contribution in [3.05, 3.63) is 75.4 Å². The average molecular weight is 435 g/mol. The first-order valence-corrected chi connectivity index (χ1v) is 11.2. The molecule has 0 fully saturated rings. The second kappa shape index (κ2) is 8.34. The van der Waals surface area contributed by atoms with Gasteiger partial charge in [0.25, 0.3) is 15.9 Å².